The van der Waals surface area contributed by atoms with Gasteiger partial charge in [-0.2, -0.15) is 0 Å². The van der Waals surface area contributed by atoms with Gasteiger partial charge in [0, 0.05) is 22.3 Å². The molecular formula is C22H22O7S. The van der Waals surface area contributed by atoms with Crippen molar-refractivity contribution in [1.29, 1.82) is 0 Å². The number of hydrogen-bond donors (Lipinski definition) is 1. The lowest BCUT2D eigenvalue weighted by Gasteiger charge is -2.21. The van der Waals surface area contributed by atoms with Crippen molar-refractivity contribution in [2.75, 3.05) is 28.4 Å². The monoisotopic (exact) mass is 430 g/mol. The number of methoxy groups -OCH3 is 4. The Morgan fingerprint density at radius 1 is 1.03 bits per heavy atom. The van der Waals surface area contributed by atoms with Gasteiger partial charge in [-0.05, 0) is 28.2 Å². The van der Waals surface area contributed by atoms with Gasteiger partial charge < -0.3 is 24.1 Å². The predicted octanol–water partition coefficient (Wildman–Crippen LogP) is 4.33. The maximum Gasteiger partial charge on any atom is 0.170 e. The van der Waals surface area contributed by atoms with Crippen LogP contribution in [0.3, 0.4) is 0 Å². The molecule has 30 heavy (non-hydrogen) atoms. The number of phenols is 1. The second-order valence-corrected chi connectivity index (χ2v) is 7.78. The third-order valence-corrected chi connectivity index (χ3v) is 6.34. The number of carbonyl (C=O) groups excluding carboxylic acids is 2. The third kappa shape index (κ3) is 3.24. The molecule has 1 unspecified atom stereocenters. The fourth-order valence-corrected chi connectivity index (χ4v) is 5.00. The molecule has 1 N–H and O–H groups in total. The highest BCUT2D eigenvalue weighted by atomic mass is 32.2. The van der Waals surface area contributed by atoms with Gasteiger partial charge in [0.15, 0.2) is 22.5 Å². The largest absolute Gasteiger partial charge is 0.506 e. The van der Waals surface area contributed by atoms with Crippen LogP contribution in [0.5, 0.6) is 23.0 Å². The maximum absolute atomic E-state index is 12.7. The van der Waals surface area contributed by atoms with Crippen molar-refractivity contribution in [3.63, 3.8) is 0 Å². The fraction of sp³-hybridized carbons (Fsp3) is 0.273. The zero-order chi connectivity index (χ0) is 22.0. The molecule has 2 aromatic rings. The standard InChI is InChI=1S/C22H22O7S/c1-6-13(24)18-20(25)19-16(28-4)10-30(11-23)22(19)17(21(18)29-5)12-7-8-14(26-2)15(9-12)27-3/h7-10,25H,6H2,1-5H3. The first-order valence-corrected chi connectivity index (χ1v) is 10.4. The van der Waals surface area contributed by atoms with E-state index in [0.29, 0.717) is 38.8 Å². The minimum atomic E-state index is -1.13. The van der Waals surface area contributed by atoms with Gasteiger partial charge in [-0.15, -0.1) is 0 Å². The van der Waals surface area contributed by atoms with E-state index < -0.39 is 10.5 Å². The summed E-state index contributed by atoms with van der Waals surface area (Å²) in [5, 5.41) is 14.6. The first-order valence-electron chi connectivity index (χ1n) is 9.06. The molecule has 0 fully saturated rings. The Balaban J connectivity index is 2.51. The quantitative estimate of drug-likeness (QED) is 0.516. The molecule has 0 radical (unpaired) electrons. The Bertz CT molecular complexity index is 1110. The van der Waals surface area contributed by atoms with Crippen LogP contribution in [-0.2, 0) is 9.53 Å². The van der Waals surface area contributed by atoms with E-state index in [2.05, 4.69) is 0 Å². The highest BCUT2D eigenvalue weighted by Crippen LogP contribution is 2.57. The van der Waals surface area contributed by atoms with E-state index in [0.717, 1.165) is 0 Å². The number of hydrogen-bond acceptors (Lipinski definition) is 7. The Hall–Kier alpha value is -3.22. The van der Waals surface area contributed by atoms with Gasteiger partial charge in [-0.25, -0.2) is 4.79 Å². The topological polar surface area (TPSA) is 91.3 Å². The summed E-state index contributed by atoms with van der Waals surface area (Å²) in [5.41, 5.74) is 1.47. The molecule has 0 amide bonds. The van der Waals surface area contributed by atoms with Crippen LogP contribution >= 0.6 is 10.5 Å². The molecule has 7 nitrogen and oxygen atoms in total. The summed E-state index contributed by atoms with van der Waals surface area (Å²) in [6.07, 6.45) is 0.158. The first kappa shape index (κ1) is 21.5. The van der Waals surface area contributed by atoms with Gasteiger partial charge in [0.1, 0.15) is 22.8 Å². The van der Waals surface area contributed by atoms with Gasteiger partial charge in [0.25, 0.3) is 0 Å². The van der Waals surface area contributed by atoms with Crippen LogP contribution in [0.2, 0.25) is 0 Å². The van der Waals surface area contributed by atoms with Crippen molar-refractivity contribution in [3.8, 4) is 34.1 Å². The molecule has 3 rings (SSSR count). The van der Waals surface area contributed by atoms with E-state index in [4.69, 9.17) is 18.9 Å². The van der Waals surface area contributed by atoms with Crippen molar-refractivity contribution < 1.29 is 33.6 Å². The number of carbonyl (C=O) groups is 1. The Kier molecular flexibility index (Phi) is 6.20. The van der Waals surface area contributed by atoms with Gasteiger partial charge in [-0.3, -0.25) is 4.79 Å². The van der Waals surface area contributed by atoms with E-state index in [1.54, 1.807) is 30.5 Å². The molecule has 1 heterocycles. The van der Waals surface area contributed by atoms with Crippen molar-refractivity contribution in [3.05, 3.63) is 34.7 Å². The smallest absolute Gasteiger partial charge is 0.170 e. The number of rotatable bonds is 7. The fourth-order valence-electron chi connectivity index (χ4n) is 3.48. The van der Waals surface area contributed by atoms with Crippen molar-refractivity contribution in [2.24, 2.45) is 0 Å². The maximum atomic E-state index is 12.7. The average Bonchev–Trinajstić information content (AvgIpc) is 3.16. The van der Waals surface area contributed by atoms with E-state index in [-0.39, 0.29) is 29.3 Å². The molecule has 0 bridgehead atoms. The van der Waals surface area contributed by atoms with Crippen LogP contribution in [-0.4, -0.2) is 44.6 Å². The summed E-state index contributed by atoms with van der Waals surface area (Å²) in [6.45, 7) is 1.70. The number of ketones is 1. The van der Waals surface area contributed by atoms with Crippen molar-refractivity contribution in [2.45, 2.75) is 18.2 Å². The molecule has 1 aliphatic heterocycles. The minimum absolute atomic E-state index is 0.0443. The molecule has 0 saturated heterocycles. The van der Waals surface area contributed by atoms with Gasteiger partial charge >= 0.3 is 0 Å². The molecule has 0 aromatic heterocycles. The molecule has 8 heteroatoms. The lowest BCUT2D eigenvalue weighted by Crippen LogP contribution is -2.06. The van der Waals surface area contributed by atoms with Crippen molar-refractivity contribution >= 4 is 27.3 Å². The first-order chi connectivity index (χ1) is 14.5. The molecule has 1 aliphatic rings. The van der Waals surface area contributed by atoms with Crippen LogP contribution < -0.4 is 14.2 Å². The van der Waals surface area contributed by atoms with Gasteiger partial charge in [0.05, 0.1) is 34.0 Å². The zero-order valence-electron chi connectivity index (χ0n) is 17.3. The number of benzene rings is 2. The Morgan fingerprint density at radius 2 is 1.73 bits per heavy atom. The minimum Gasteiger partial charge on any atom is -0.506 e. The molecule has 2 aromatic carbocycles. The van der Waals surface area contributed by atoms with Crippen LogP contribution in [0.15, 0.2) is 28.5 Å². The van der Waals surface area contributed by atoms with E-state index in [1.807, 2.05) is 5.23 Å². The second-order valence-electron chi connectivity index (χ2n) is 6.29. The average molecular weight is 430 g/mol. The SMILES string of the molecule is CCC(=O)c1c(O)c2c(c(-c3ccc(OC)c(OC)c3)c1OC)S(=C=O)C=C2OC. The Morgan fingerprint density at radius 3 is 2.27 bits per heavy atom. The normalized spacial score (nSPS) is 14.4. The van der Waals surface area contributed by atoms with Crippen LogP contribution in [0.4, 0.5) is 0 Å². The summed E-state index contributed by atoms with van der Waals surface area (Å²) < 4.78 is 21.7. The highest BCUT2D eigenvalue weighted by molar-refractivity contribution is 8.17. The highest BCUT2D eigenvalue weighted by Gasteiger charge is 2.35. The number of fused-ring (bicyclic) bond motifs is 1. The van der Waals surface area contributed by atoms with E-state index in [1.165, 1.54) is 28.4 Å². The summed E-state index contributed by atoms with van der Waals surface area (Å²) in [5.74, 6) is 0.919. The lowest BCUT2D eigenvalue weighted by molar-refractivity contribution is 0.0982. The molecule has 0 saturated carbocycles. The molecule has 158 valence electrons. The van der Waals surface area contributed by atoms with Crippen LogP contribution in [0.25, 0.3) is 16.9 Å². The number of aromatic hydroxyl groups is 1. The number of ether oxygens (including phenoxy) is 4. The zero-order valence-corrected chi connectivity index (χ0v) is 18.1. The Labute approximate surface area is 176 Å². The molecule has 0 aliphatic carbocycles. The third-order valence-electron chi connectivity index (χ3n) is 4.86. The number of phenolic OH excluding ortho intramolecular Hbond substituents is 1. The lowest BCUT2D eigenvalue weighted by atomic mass is 9.93. The van der Waals surface area contributed by atoms with Crippen LogP contribution in [0.1, 0.15) is 29.3 Å². The summed E-state index contributed by atoms with van der Waals surface area (Å²) in [7, 11) is 4.77. The molecule has 0 spiro atoms. The predicted molar refractivity (Wildman–Crippen MR) is 114 cm³/mol. The number of Topliss-reactive ketones (excluding diaryl/α,β-unsaturated/α-hetero) is 1. The van der Waals surface area contributed by atoms with Gasteiger partial charge in [0.2, 0.25) is 0 Å². The van der Waals surface area contributed by atoms with Crippen LogP contribution in [0, 0.1) is 0 Å². The summed E-state index contributed by atoms with van der Waals surface area (Å²) in [6, 6.07) is 5.22. The molecule has 1 atom stereocenters. The second kappa shape index (κ2) is 8.65. The van der Waals surface area contributed by atoms with E-state index in [9.17, 15) is 14.7 Å². The molecular weight excluding hydrogens is 408 g/mol. The van der Waals surface area contributed by atoms with E-state index >= 15 is 0 Å². The van der Waals surface area contributed by atoms with Crippen molar-refractivity contribution in [1.82, 2.24) is 0 Å². The van der Waals surface area contributed by atoms with Gasteiger partial charge in [-0.1, -0.05) is 13.0 Å². The summed E-state index contributed by atoms with van der Waals surface area (Å²) >= 11 is 0. The summed E-state index contributed by atoms with van der Waals surface area (Å²) in [4.78, 5) is 25.0.